The van der Waals surface area contributed by atoms with Gasteiger partial charge in [-0.3, -0.25) is 5.10 Å². The minimum Gasteiger partial charge on any atom is -0.260 e. The molecule has 0 amide bonds. The molecule has 64 valence electrons. The van der Waals surface area contributed by atoms with E-state index < -0.39 is 0 Å². The second-order valence-electron chi connectivity index (χ2n) is 2.93. The molecule has 0 spiro atoms. The molecule has 1 rings (SSSR count). The number of nitrogens with one attached hydrogen (secondary N) is 1. The third-order valence-corrected chi connectivity index (χ3v) is 1.80. The third-order valence-electron chi connectivity index (χ3n) is 1.71. The Kier molecular flexibility index (Phi) is 2.74. The highest BCUT2D eigenvalue weighted by Crippen LogP contribution is 2.26. The molecule has 0 unspecified atom stereocenters. The quantitative estimate of drug-likeness (QED) is 0.562. The first-order valence-corrected chi connectivity index (χ1v) is 4.20. The van der Waals surface area contributed by atoms with Gasteiger partial charge in [-0.15, -0.1) is 0 Å². The summed E-state index contributed by atoms with van der Waals surface area (Å²) in [5.74, 6) is 1.14. The number of isothiocyanates is 1. The summed E-state index contributed by atoms with van der Waals surface area (Å²) in [5, 5.41) is 9.19. The normalized spacial score (nSPS) is 10.0. The summed E-state index contributed by atoms with van der Waals surface area (Å²) in [7, 11) is 0. The van der Waals surface area contributed by atoms with E-state index in [2.05, 4.69) is 46.4 Å². The Hall–Kier alpha value is -0.990. The van der Waals surface area contributed by atoms with Gasteiger partial charge in [-0.2, -0.15) is 10.1 Å². The zero-order chi connectivity index (χ0) is 9.14. The van der Waals surface area contributed by atoms with Gasteiger partial charge in [0.1, 0.15) is 0 Å². The topological polar surface area (TPSA) is 41.0 Å². The Morgan fingerprint density at radius 1 is 1.58 bits per heavy atom. The number of aliphatic imine (C=N–C) groups is 1. The van der Waals surface area contributed by atoms with Gasteiger partial charge >= 0.3 is 0 Å². The molecule has 3 nitrogen and oxygen atoms in total. The number of aromatic nitrogens is 2. The summed E-state index contributed by atoms with van der Waals surface area (Å²) < 4.78 is 0. The van der Waals surface area contributed by atoms with Crippen LogP contribution in [0.25, 0.3) is 0 Å². The number of nitrogens with zero attached hydrogens (tertiary/aromatic N) is 2. The van der Waals surface area contributed by atoms with E-state index in [1.165, 1.54) is 0 Å². The molecule has 1 aromatic rings. The van der Waals surface area contributed by atoms with E-state index in [-0.39, 0.29) is 0 Å². The van der Waals surface area contributed by atoms with Gasteiger partial charge < -0.3 is 0 Å². The smallest absolute Gasteiger partial charge is 0.162 e. The van der Waals surface area contributed by atoms with Crippen molar-refractivity contribution in [3.63, 3.8) is 0 Å². The molecule has 0 bridgehead atoms. The number of thiocarbonyl (C=S) groups is 1. The van der Waals surface area contributed by atoms with Gasteiger partial charge in [-0.1, -0.05) is 13.8 Å². The predicted molar refractivity (Wildman–Crippen MR) is 52.1 cm³/mol. The minimum absolute atomic E-state index is 0.408. The molecule has 1 N–H and O–H groups in total. The maximum absolute atomic E-state index is 4.53. The van der Waals surface area contributed by atoms with E-state index in [0.29, 0.717) is 5.92 Å². The summed E-state index contributed by atoms with van der Waals surface area (Å²) in [6.45, 7) is 6.15. The summed E-state index contributed by atoms with van der Waals surface area (Å²) in [6.07, 6.45) is 0. The van der Waals surface area contributed by atoms with Crippen LogP contribution >= 0.6 is 12.2 Å². The molecule has 0 fully saturated rings. The molecule has 12 heavy (non-hydrogen) atoms. The maximum Gasteiger partial charge on any atom is 0.162 e. The Morgan fingerprint density at radius 2 is 2.25 bits per heavy atom. The lowest BCUT2D eigenvalue weighted by Crippen LogP contribution is -1.87. The van der Waals surface area contributed by atoms with Crippen molar-refractivity contribution >= 4 is 23.2 Å². The highest BCUT2D eigenvalue weighted by atomic mass is 32.1. The van der Waals surface area contributed by atoms with Gasteiger partial charge in [0.2, 0.25) is 0 Å². The van der Waals surface area contributed by atoms with E-state index in [9.17, 15) is 0 Å². The summed E-state index contributed by atoms with van der Waals surface area (Å²) in [4.78, 5) is 3.90. The van der Waals surface area contributed by atoms with Crippen LogP contribution in [0.5, 0.6) is 0 Å². The van der Waals surface area contributed by atoms with Gasteiger partial charge in [0.15, 0.2) is 5.82 Å². The molecular weight excluding hydrogens is 170 g/mol. The minimum atomic E-state index is 0.408. The molecule has 0 saturated heterocycles. The summed E-state index contributed by atoms with van der Waals surface area (Å²) in [6, 6.07) is 0. The number of H-pyrrole nitrogens is 1. The largest absolute Gasteiger partial charge is 0.260 e. The fourth-order valence-electron chi connectivity index (χ4n) is 1.25. The van der Waals surface area contributed by atoms with Crippen LogP contribution in [-0.4, -0.2) is 15.4 Å². The van der Waals surface area contributed by atoms with Crippen LogP contribution in [0.1, 0.15) is 31.0 Å². The van der Waals surface area contributed by atoms with Gasteiger partial charge in [-0.05, 0) is 25.1 Å². The van der Waals surface area contributed by atoms with Crippen molar-refractivity contribution in [1.82, 2.24) is 10.2 Å². The average Bonchev–Trinajstić information content (AvgIpc) is 2.32. The Bertz CT molecular complexity index is 321. The Morgan fingerprint density at radius 3 is 2.75 bits per heavy atom. The first-order valence-electron chi connectivity index (χ1n) is 3.79. The molecule has 0 aromatic carbocycles. The van der Waals surface area contributed by atoms with Crippen LogP contribution in [0, 0.1) is 6.92 Å². The highest BCUT2D eigenvalue weighted by Gasteiger charge is 2.11. The molecule has 0 radical (unpaired) electrons. The van der Waals surface area contributed by atoms with Crippen LogP contribution in [-0.2, 0) is 0 Å². The number of aromatic amines is 1. The second-order valence-corrected chi connectivity index (χ2v) is 3.11. The molecule has 0 aliphatic carbocycles. The molecule has 0 aliphatic heterocycles. The number of aryl methyl sites for hydroxylation is 1. The van der Waals surface area contributed by atoms with Crippen molar-refractivity contribution in [2.24, 2.45) is 4.99 Å². The predicted octanol–water partition coefficient (Wildman–Crippen LogP) is 2.58. The second kappa shape index (κ2) is 3.61. The zero-order valence-corrected chi connectivity index (χ0v) is 8.20. The molecule has 0 aliphatic rings. The van der Waals surface area contributed by atoms with Crippen molar-refractivity contribution in [2.45, 2.75) is 26.7 Å². The van der Waals surface area contributed by atoms with Crippen LogP contribution < -0.4 is 0 Å². The fraction of sp³-hybridized carbons (Fsp3) is 0.500. The van der Waals surface area contributed by atoms with Gasteiger partial charge in [0.25, 0.3) is 0 Å². The van der Waals surface area contributed by atoms with Gasteiger partial charge in [0, 0.05) is 5.56 Å². The molecule has 1 heterocycles. The van der Waals surface area contributed by atoms with Crippen molar-refractivity contribution in [1.29, 1.82) is 0 Å². The Balaban J connectivity index is 3.21. The Labute approximate surface area is 76.9 Å². The van der Waals surface area contributed by atoms with E-state index in [1.54, 1.807) is 0 Å². The molecule has 4 heteroatoms. The standard InChI is InChI=1S/C8H11N3S/c1-5(2)7-6(3)10-11-8(7)9-4-12/h5H,1-3H3,(H,10,11). The van der Waals surface area contributed by atoms with E-state index in [1.807, 2.05) is 6.92 Å². The molecule has 0 atom stereocenters. The van der Waals surface area contributed by atoms with E-state index in [0.717, 1.165) is 17.1 Å². The fourth-order valence-corrected chi connectivity index (χ4v) is 1.34. The lowest BCUT2D eigenvalue weighted by Gasteiger charge is -2.02. The van der Waals surface area contributed by atoms with Crippen molar-refractivity contribution in [2.75, 3.05) is 0 Å². The lowest BCUT2D eigenvalue weighted by atomic mass is 10.0. The summed E-state index contributed by atoms with van der Waals surface area (Å²) >= 11 is 4.53. The average molecular weight is 181 g/mol. The lowest BCUT2D eigenvalue weighted by molar-refractivity contribution is 0.857. The molecule has 1 aromatic heterocycles. The number of hydrogen-bond acceptors (Lipinski definition) is 3. The number of rotatable bonds is 2. The third kappa shape index (κ3) is 1.60. The maximum atomic E-state index is 4.53. The molecular formula is C8H11N3S. The van der Waals surface area contributed by atoms with Crippen molar-refractivity contribution in [3.8, 4) is 0 Å². The van der Waals surface area contributed by atoms with Crippen molar-refractivity contribution in [3.05, 3.63) is 11.3 Å². The van der Waals surface area contributed by atoms with Crippen LogP contribution in [0.2, 0.25) is 0 Å². The van der Waals surface area contributed by atoms with Crippen LogP contribution in [0.15, 0.2) is 4.99 Å². The van der Waals surface area contributed by atoms with Gasteiger partial charge in [-0.25, -0.2) is 0 Å². The van der Waals surface area contributed by atoms with Crippen LogP contribution in [0.4, 0.5) is 5.82 Å². The molecule has 0 saturated carbocycles. The first-order chi connectivity index (χ1) is 5.66. The summed E-state index contributed by atoms with van der Waals surface area (Å²) in [5.41, 5.74) is 2.10. The monoisotopic (exact) mass is 181 g/mol. The van der Waals surface area contributed by atoms with E-state index >= 15 is 0 Å². The van der Waals surface area contributed by atoms with Crippen LogP contribution in [0.3, 0.4) is 0 Å². The van der Waals surface area contributed by atoms with Crippen molar-refractivity contribution < 1.29 is 0 Å². The first kappa shape index (κ1) is 9.10. The highest BCUT2D eigenvalue weighted by molar-refractivity contribution is 7.78. The SMILES string of the molecule is Cc1n[nH]c(N=C=S)c1C(C)C. The van der Waals surface area contributed by atoms with Gasteiger partial charge in [0.05, 0.1) is 10.9 Å². The number of hydrogen-bond donors (Lipinski definition) is 1. The zero-order valence-electron chi connectivity index (χ0n) is 7.38. The van der Waals surface area contributed by atoms with E-state index in [4.69, 9.17) is 0 Å².